The summed E-state index contributed by atoms with van der Waals surface area (Å²) in [5.74, 6) is 0.135. The lowest BCUT2D eigenvalue weighted by atomic mass is 10.3. The fourth-order valence-corrected chi connectivity index (χ4v) is 4.17. The number of rotatable bonds is 4. The number of sulfonamides is 1. The summed E-state index contributed by atoms with van der Waals surface area (Å²) in [6.45, 7) is 1.54. The number of aromatic hydroxyl groups is 1. The molecule has 138 valence electrons. The molecule has 0 amide bonds. The third-order valence-corrected chi connectivity index (χ3v) is 5.94. The van der Waals surface area contributed by atoms with Crippen LogP contribution in [-0.4, -0.2) is 49.2 Å². The SMILES string of the molecule is O=S(=O)(c1ccc(NC(=S)Nc2cccc(O)c2)cc1)N1CCOCC1. The van der Waals surface area contributed by atoms with Gasteiger partial charge in [0.15, 0.2) is 5.11 Å². The number of hydrogen-bond acceptors (Lipinski definition) is 5. The summed E-state index contributed by atoms with van der Waals surface area (Å²) in [4.78, 5) is 0.233. The zero-order chi connectivity index (χ0) is 18.6. The zero-order valence-electron chi connectivity index (χ0n) is 13.9. The third-order valence-electron chi connectivity index (χ3n) is 3.82. The van der Waals surface area contributed by atoms with Crippen molar-refractivity contribution in [2.45, 2.75) is 4.90 Å². The van der Waals surface area contributed by atoms with Gasteiger partial charge in [0.05, 0.1) is 18.1 Å². The number of nitrogens with zero attached hydrogens (tertiary/aromatic N) is 1. The maximum atomic E-state index is 12.6. The molecule has 0 radical (unpaired) electrons. The maximum Gasteiger partial charge on any atom is 0.243 e. The Bertz CT molecular complexity index is 879. The minimum Gasteiger partial charge on any atom is -0.508 e. The molecule has 0 aliphatic carbocycles. The van der Waals surface area contributed by atoms with Gasteiger partial charge in [0.2, 0.25) is 10.0 Å². The van der Waals surface area contributed by atoms with Crippen molar-refractivity contribution in [1.29, 1.82) is 0 Å². The molecule has 0 spiro atoms. The second kappa shape index (κ2) is 8.00. The summed E-state index contributed by atoms with van der Waals surface area (Å²) in [6, 6.07) is 13.0. The van der Waals surface area contributed by atoms with E-state index in [0.717, 1.165) is 0 Å². The number of nitrogens with one attached hydrogen (secondary N) is 2. The van der Waals surface area contributed by atoms with Gasteiger partial charge in [0.1, 0.15) is 5.75 Å². The second-order valence-corrected chi connectivity index (χ2v) is 8.02. The lowest BCUT2D eigenvalue weighted by molar-refractivity contribution is 0.0730. The lowest BCUT2D eigenvalue weighted by Gasteiger charge is -2.26. The number of phenolic OH excluding ortho intramolecular Hbond substituents is 1. The second-order valence-electron chi connectivity index (χ2n) is 5.67. The smallest absolute Gasteiger partial charge is 0.243 e. The van der Waals surface area contributed by atoms with Gasteiger partial charge in [-0.05, 0) is 48.6 Å². The van der Waals surface area contributed by atoms with Crippen LogP contribution in [0.3, 0.4) is 0 Å². The molecule has 9 heteroatoms. The summed E-state index contributed by atoms with van der Waals surface area (Å²) in [5.41, 5.74) is 1.30. The number of anilines is 2. The largest absolute Gasteiger partial charge is 0.508 e. The van der Waals surface area contributed by atoms with Crippen molar-refractivity contribution in [1.82, 2.24) is 4.31 Å². The van der Waals surface area contributed by atoms with Gasteiger partial charge in [0.25, 0.3) is 0 Å². The summed E-state index contributed by atoms with van der Waals surface area (Å²) in [6.07, 6.45) is 0. The monoisotopic (exact) mass is 393 g/mol. The minimum atomic E-state index is -3.51. The Kier molecular flexibility index (Phi) is 5.72. The molecular formula is C17H19N3O4S2. The van der Waals surface area contributed by atoms with Crippen molar-refractivity contribution in [3.05, 3.63) is 48.5 Å². The molecule has 2 aromatic carbocycles. The van der Waals surface area contributed by atoms with Crippen molar-refractivity contribution >= 4 is 38.7 Å². The van der Waals surface area contributed by atoms with Gasteiger partial charge in [0, 0.05) is 30.5 Å². The number of thiocarbonyl (C=S) groups is 1. The fourth-order valence-electron chi connectivity index (χ4n) is 2.52. The molecule has 3 rings (SSSR count). The van der Waals surface area contributed by atoms with Crippen LogP contribution in [0, 0.1) is 0 Å². The van der Waals surface area contributed by atoms with Crippen molar-refractivity contribution in [2.75, 3.05) is 36.9 Å². The van der Waals surface area contributed by atoms with Gasteiger partial charge in [-0.25, -0.2) is 8.42 Å². The van der Waals surface area contributed by atoms with Gasteiger partial charge in [-0.1, -0.05) is 6.07 Å². The van der Waals surface area contributed by atoms with Gasteiger partial charge < -0.3 is 20.5 Å². The molecular weight excluding hydrogens is 374 g/mol. The van der Waals surface area contributed by atoms with E-state index < -0.39 is 10.0 Å². The van der Waals surface area contributed by atoms with Gasteiger partial charge in [-0.15, -0.1) is 0 Å². The van der Waals surface area contributed by atoms with Crippen LogP contribution < -0.4 is 10.6 Å². The molecule has 1 aliphatic rings. The molecule has 7 nitrogen and oxygen atoms in total. The van der Waals surface area contributed by atoms with E-state index in [1.54, 1.807) is 48.5 Å². The Morgan fingerprint density at radius 2 is 1.69 bits per heavy atom. The van der Waals surface area contributed by atoms with Crippen molar-refractivity contribution in [3.8, 4) is 5.75 Å². The van der Waals surface area contributed by atoms with E-state index in [2.05, 4.69) is 10.6 Å². The summed E-state index contributed by atoms with van der Waals surface area (Å²) >= 11 is 5.23. The highest BCUT2D eigenvalue weighted by atomic mass is 32.2. The van der Waals surface area contributed by atoms with Crippen LogP contribution in [0.25, 0.3) is 0 Å². The molecule has 1 fully saturated rings. The third kappa shape index (κ3) is 4.50. The summed E-state index contributed by atoms with van der Waals surface area (Å²) < 4.78 is 31.8. The molecule has 2 aromatic rings. The van der Waals surface area contributed by atoms with Crippen molar-refractivity contribution in [2.24, 2.45) is 0 Å². The molecule has 0 saturated carbocycles. The predicted octanol–water partition coefficient (Wildman–Crippen LogP) is 2.22. The van der Waals surface area contributed by atoms with E-state index in [1.165, 1.54) is 4.31 Å². The van der Waals surface area contributed by atoms with Crippen LogP contribution >= 0.6 is 12.2 Å². The highest BCUT2D eigenvalue weighted by Gasteiger charge is 2.26. The summed E-state index contributed by atoms with van der Waals surface area (Å²) in [5, 5.41) is 15.7. The average Bonchev–Trinajstić information content (AvgIpc) is 2.63. The fraction of sp³-hybridized carbons (Fsp3) is 0.235. The first kappa shape index (κ1) is 18.6. The lowest BCUT2D eigenvalue weighted by Crippen LogP contribution is -2.40. The Morgan fingerprint density at radius 3 is 2.35 bits per heavy atom. The zero-order valence-corrected chi connectivity index (χ0v) is 15.5. The molecule has 0 bridgehead atoms. The van der Waals surface area contributed by atoms with E-state index >= 15 is 0 Å². The Balaban J connectivity index is 1.64. The highest BCUT2D eigenvalue weighted by Crippen LogP contribution is 2.20. The van der Waals surface area contributed by atoms with E-state index in [1.807, 2.05) is 0 Å². The Hall–Kier alpha value is -2.20. The number of benzene rings is 2. The molecule has 1 heterocycles. The quantitative estimate of drug-likeness (QED) is 0.686. The minimum absolute atomic E-state index is 0.135. The molecule has 1 aliphatic heterocycles. The molecule has 0 atom stereocenters. The molecule has 1 saturated heterocycles. The first-order valence-corrected chi connectivity index (χ1v) is 9.85. The number of phenols is 1. The Morgan fingerprint density at radius 1 is 1.04 bits per heavy atom. The number of hydrogen-bond donors (Lipinski definition) is 3. The van der Waals surface area contributed by atoms with Gasteiger partial charge in [-0.2, -0.15) is 4.31 Å². The van der Waals surface area contributed by atoms with E-state index in [0.29, 0.717) is 42.8 Å². The van der Waals surface area contributed by atoms with Gasteiger partial charge >= 0.3 is 0 Å². The number of ether oxygens (including phenoxy) is 1. The van der Waals surface area contributed by atoms with Gasteiger partial charge in [-0.3, -0.25) is 0 Å². The molecule has 26 heavy (non-hydrogen) atoms. The first-order chi connectivity index (χ1) is 12.4. The Labute approximate surface area is 157 Å². The average molecular weight is 393 g/mol. The molecule has 0 aromatic heterocycles. The predicted molar refractivity (Wildman–Crippen MR) is 104 cm³/mol. The first-order valence-electron chi connectivity index (χ1n) is 8.00. The molecule has 3 N–H and O–H groups in total. The van der Waals surface area contributed by atoms with Crippen molar-refractivity contribution < 1.29 is 18.3 Å². The highest BCUT2D eigenvalue weighted by molar-refractivity contribution is 7.89. The van der Waals surface area contributed by atoms with E-state index in [9.17, 15) is 13.5 Å². The topological polar surface area (TPSA) is 90.9 Å². The van der Waals surface area contributed by atoms with E-state index in [-0.39, 0.29) is 10.6 Å². The van der Waals surface area contributed by atoms with Crippen LogP contribution in [0.1, 0.15) is 0 Å². The van der Waals surface area contributed by atoms with Crippen LogP contribution in [0.15, 0.2) is 53.4 Å². The van der Waals surface area contributed by atoms with Crippen LogP contribution in [0.4, 0.5) is 11.4 Å². The van der Waals surface area contributed by atoms with E-state index in [4.69, 9.17) is 17.0 Å². The molecule has 0 unspecified atom stereocenters. The maximum absolute atomic E-state index is 12.6. The van der Waals surface area contributed by atoms with Crippen LogP contribution in [0.5, 0.6) is 5.75 Å². The number of morpholine rings is 1. The normalized spacial score (nSPS) is 15.4. The standard InChI is InChI=1S/C17H19N3O4S2/c21-15-3-1-2-14(12-15)19-17(25)18-13-4-6-16(7-5-13)26(22,23)20-8-10-24-11-9-20/h1-7,12,21H,8-11H2,(H2,18,19,25). The summed E-state index contributed by atoms with van der Waals surface area (Å²) in [7, 11) is -3.51. The van der Waals surface area contributed by atoms with Crippen molar-refractivity contribution in [3.63, 3.8) is 0 Å². The van der Waals surface area contributed by atoms with Crippen LogP contribution in [-0.2, 0) is 14.8 Å². The van der Waals surface area contributed by atoms with Crippen LogP contribution in [0.2, 0.25) is 0 Å².